The molecule has 0 unspecified atom stereocenters. The molecule has 2 aromatic rings. The summed E-state index contributed by atoms with van der Waals surface area (Å²) < 4.78 is 5.64. The van der Waals surface area contributed by atoms with E-state index in [-0.39, 0.29) is 0 Å². The Morgan fingerprint density at radius 2 is 1.95 bits per heavy atom. The van der Waals surface area contributed by atoms with Crippen molar-refractivity contribution in [3.63, 3.8) is 0 Å². The molecule has 1 heterocycles. The van der Waals surface area contributed by atoms with Crippen molar-refractivity contribution in [2.45, 2.75) is 32.9 Å². The molecule has 106 valence electrons. The van der Waals surface area contributed by atoms with Gasteiger partial charge in [-0.05, 0) is 36.2 Å². The highest BCUT2D eigenvalue weighted by atomic mass is 16.5. The first-order valence-corrected chi connectivity index (χ1v) is 7.07. The van der Waals surface area contributed by atoms with E-state index in [4.69, 9.17) is 4.74 Å². The largest absolute Gasteiger partial charge is 0.494 e. The smallest absolute Gasteiger partial charge is 0.119 e. The Bertz CT molecular complexity index is 485. The van der Waals surface area contributed by atoms with Crippen molar-refractivity contribution in [3.8, 4) is 5.75 Å². The Labute approximate surface area is 120 Å². The average molecular weight is 271 g/mol. The topological polar surface area (TPSA) is 47.0 Å². The number of nitrogens with zero attached hydrogens (tertiary/aromatic N) is 2. The highest BCUT2D eigenvalue weighted by Crippen LogP contribution is 2.12. The van der Waals surface area contributed by atoms with Gasteiger partial charge < -0.3 is 10.1 Å². The van der Waals surface area contributed by atoms with Crippen molar-refractivity contribution in [3.05, 3.63) is 53.9 Å². The minimum Gasteiger partial charge on any atom is -0.494 e. The standard InChI is InChI=1S/C16H21N3O/c1-2-3-11-20-16-8-6-14(7-9-16)12-17-13-15-5-4-10-18-19-15/h4-10,17H,2-3,11-13H2,1H3. The molecule has 0 aliphatic rings. The van der Waals surface area contributed by atoms with E-state index < -0.39 is 0 Å². The number of ether oxygens (including phenoxy) is 1. The summed E-state index contributed by atoms with van der Waals surface area (Å²) in [6.07, 6.45) is 3.94. The lowest BCUT2D eigenvalue weighted by molar-refractivity contribution is 0.309. The van der Waals surface area contributed by atoms with E-state index in [0.29, 0.717) is 0 Å². The third kappa shape index (κ3) is 4.97. The zero-order valence-corrected chi connectivity index (χ0v) is 11.9. The molecule has 0 spiro atoms. The summed E-state index contributed by atoms with van der Waals surface area (Å²) in [5.41, 5.74) is 2.18. The number of rotatable bonds is 8. The summed E-state index contributed by atoms with van der Waals surface area (Å²) in [5.74, 6) is 0.941. The summed E-state index contributed by atoms with van der Waals surface area (Å²) in [6, 6.07) is 12.1. The number of aromatic nitrogens is 2. The first-order valence-electron chi connectivity index (χ1n) is 7.07. The number of nitrogens with one attached hydrogen (secondary N) is 1. The number of hydrogen-bond acceptors (Lipinski definition) is 4. The predicted octanol–water partition coefficient (Wildman–Crippen LogP) is 2.95. The minimum absolute atomic E-state index is 0.725. The van der Waals surface area contributed by atoms with Gasteiger partial charge in [0.05, 0.1) is 12.3 Å². The van der Waals surface area contributed by atoms with E-state index in [2.05, 4.69) is 34.6 Å². The Kier molecular flexibility index (Phi) is 5.99. The zero-order valence-electron chi connectivity index (χ0n) is 11.9. The van der Waals surface area contributed by atoms with Crippen LogP contribution in [-0.4, -0.2) is 16.8 Å². The average Bonchev–Trinajstić information content (AvgIpc) is 2.50. The SMILES string of the molecule is CCCCOc1ccc(CNCc2cccnn2)cc1. The molecular formula is C16H21N3O. The molecule has 0 saturated carbocycles. The molecule has 0 aliphatic carbocycles. The fraction of sp³-hybridized carbons (Fsp3) is 0.375. The van der Waals surface area contributed by atoms with E-state index in [0.717, 1.165) is 44.0 Å². The van der Waals surface area contributed by atoms with Crippen LogP contribution in [0.5, 0.6) is 5.75 Å². The maximum atomic E-state index is 5.64. The van der Waals surface area contributed by atoms with E-state index in [1.165, 1.54) is 5.56 Å². The summed E-state index contributed by atoms with van der Waals surface area (Å²) in [5, 5.41) is 11.2. The molecule has 4 nitrogen and oxygen atoms in total. The Morgan fingerprint density at radius 1 is 1.10 bits per heavy atom. The van der Waals surface area contributed by atoms with Crippen LogP contribution < -0.4 is 10.1 Å². The van der Waals surface area contributed by atoms with E-state index in [1.807, 2.05) is 24.3 Å². The van der Waals surface area contributed by atoms with Crippen LogP contribution in [0.15, 0.2) is 42.6 Å². The molecule has 0 fully saturated rings. The normalized spacial score (nSPS) is 10.4. The van der Waals surface area contributed by atoms with Gasteiger partial charge in [-0.3, -0.25) is 0 Å². The van der Waals surface area contributed by atoms with Gasteiger partial charge >= 0.3 is 0 Å². The van der Waals surface area contributed by atoms with Gasteiger partial charge in [-0.15, -0.1) is 0 Å². The van der Waals surface area contributed by atoms with Crippen molar-refractivity contribution in [1.29, 1.82) is 0 Å². The van der Waals surface area contributed by atoms with Crippen LogP contribution >= 0.6 is 0 Å². The molecule has 0 atom stereocenters. The maximum Gasteiger partial charge on any atom is 0.119 e. The first-order chi connectivity index (χ1) is 9.88. The summed E-state index contributed by atoms with van der Waals surface area (Å²) in [7, 11) is 0. The second kappa shape index (κ2) is 8.27. The minimum atomic E-state index is 0.725. The third-order valence-electron chi connectivity index (χ3n) is 2.95. The van der Waals surface area contributed by atoms with Crippen LogP contribution in [0.1, 0.15) is 31.0 Å². The van der Waals surface area contributed by atoms with Crippen molar-refractivity contribution < 1.29 is 4.74 Å². The lowest BCUT2D eigenvalue weighted by Crippen LogP contribution is -2.13. The van der Waals surface area contributed by atoms with E-state index in [9.17, 15) is 0 Å². The number of hydrogen-bond donors (Lipinski definition) is 1. The van der Waals surface area contributed by atoms with Gasteiger partial charge in [0.15, 0.2) is 0 Å². The predicted molar refractivity (Wildman–Crippen MR) is 79.4 cm³/mol. The quantitative estimate of drug-likeness (QED) is 0.750. The molecule has 4 heteroatoms. The van der Waals surface area contributed by atoms with Crippen LogP contribution in [0.3, 0.4) is 0 Å². The summed E-state index contributed by atoms with van der Waals surface area (Å²) in [6.45, 7) is 4.49. The van der Waals surface area contributed by atoms with Crippen molar-refractivity contribution in [2.75, 3.05) is 6.61 Å². The van der Waals surface area contributed by atoms with Gasteiger partial charge in [-0.25, -0.2) is 0 Å². The molecular weight excluding hydrogens is 250 g/mol. The summed E-state index contributed by atoms with van der Waals surface area (Å²) >= 11 is 0. The molecule has 0 aliphatic heterocycles. The molecule has 1 aromatic carbocycles. The van der Waals surface area contributed by atoms with Crippen molar-refractivity contribution in [1.82, 2.24) is 15.5 Å². The summed E-state index contributed by atoms with van der Waals surface area (Å²) in [4.78, 5) is 0. The molecule has 0 amide bonds. The van der Waals surface area contributed by atoms with Gasteiger partial charge in [0.1, 0.15) is 5.75 Å². The molecule has 0 bridgehead atoms. The van der Waals surface area contributed by atoms with Crippen LogP contribution in [0.4, 0.5) is 0 Å². The monoisotopic (exact) mass is 271 g/mol. The lowest BCUT2D eigenvalue weighted by atomic mass is 10.2. The van der Waals surface area contributed by atoms with Gasteiger partial charge in [0, 0.05) is 19.3 Å². The fourth-order valence-corrected chi connectivity index (χ4v) is 1.80. The molecule has 2 rings (SSSR count). The van der Waals surface area contributed by atoms with Crippen molar-refractivity contribution >= 4 is 0 Å². The molecule has 0 radical (unpaired) electrons. The van der Waals surface area contributed by atoms with Crippen LogP contribution in [0.2, 0.25) is 0 Å². The van der Waals surface area contributed by atoms with Crippen LogP contribution in [0.25, 0.3) is 0 Å². The van der Waals surface area contributed by atoms with Gasteiger partial charge in [-0.1, -0.05) is 25.5 Å². The Balaban J connectivity index is 1.73. The Morgan fingerprint density at radius 3 is 2.65 bits per heavy atom. The lowest BCUT2D eigenvalue weighted by Gasteiger charge is -2.07. The molecule has 1 N–H and O–H groups in total. The fourth-order valence-electron chi connectivity index (χ4n) is 1.80. The van der Waals surface area contributed by atoms with E-state index >= 15 is 0 Å². The highest BCUT2D eigenvalue weighted by molar-refractivity contribution is 5.27. The molecule has 1 aromatic heterocycles. The second-order valence-corrected chi connectivity index (χ2v) is 4.66. The molecule has 0 saturated heterocycles. The van der Waals surface area contributed by atoms with Gasteiger partial charge in [-0.2, -0.15) is 10.2 Å². The number of benzene rings is 1. The maximum absolute atomic E-state index is 5.64. The van der Waals surface area contributed by atoms with Crippen LogP contribution in [0, 0.1) is 0 Å². The number of unbranched alkanes of at least 4 members (excludes halogenated alkanes) is 1. The zero-order chi connectivity index (χ0) is 14.0. The highest BCUT2D eigenvalue weighted by Gasteiger charge is 1.97. The van der Waals surface area contributed by atoms with Crippen LogP contribution in [-0.2, 0) is 13.1 Å². The van der Waals surface area contributed by atoms with Gasteiger partial charge in [0.2, 0.25) is 0 Å². The third-order valence-corrected chi connectivity index (χ3v) is 2.95. The van der Waals surface area contributed by atoms with Gasteiger partial charge in [0.25, 0.3) is 0 Å². The van der Waals surface area contributed by atoms with Crippen molar-refractivity contribution in [2.24, 2.45) is 0 Å². The van der Waals surface area contributed by atoms with E-state index in [1.54, 1.807) is 6.20 Å². The molecule has 20 heavy (non-hydrogen) atoms. The first kappa shape index (κ1) is 14.5. The Hall–Kier alpha value is -1.94. The second-order valence-electron chi connectivity index (χ2n) is 4.66.